The van der Waals surface area contributed by atoms with Crippen molar-refractivity contribution in [3.8, 4) is 0 Å². The number of hydrogen-bond donors (Lipinski definition) is 2. The average molecular weight is 316 g/mol. The highest BCUT2D eigenvalue weighted by Gasteiger charge is 2.13. The maximum Gasteiger partial charge on any atom is 0.332 e. The molecule has 0 spiro atoms. The van der Waals surface area contributed by atoms with E-state index in [1.165, 1.54) is 6.92 Å². The second-order valence-corrected chi connectivity index (χ2v) is 4.66. The first kappa shape index (κ1) is 14.7. The molecule has 1 aromatic rings. The van der Waals surface area contributed by atoms with E-state index in [1.807, 2.05) is 19.1 Å². The molecule has 1 atom stereocenters. The Kier molecular flexibility index (Phi) is 5.30. The molecule has 98 valence electrons. The largest absolute Gasteiger partial charge is 0.479 e. The van der Waals surface area contributed by atoms with Crippen molar-refractivity contribution in [3.05, 3.63) is 28.2 Å². The molecule has 0 saturated carbocycles. The molecule has 0 aliphatic rings. The number of halogens is 1. The van der Waals surface area contributed by atoms with Crippen molar-refractivity contribution < 1.29 is 19.4 Å². The van der Waals surface area contributed by atoms with Gasteiger partial charge in [-0.25, -0.2) is 4.79 Å². The molecule has 6 heteroatoms. The summed E-state index contributed by atoms with van der Waals surface area (Å²) in [6, 6.07) is 5.38. The van der Waals surface area contributed by atoms with E-state index in [0.29, 0.717) is 5.69 Å². The van der Waals surface area contributed by atoms with Crippen LogP contribution in [0.4, 0.5) is 5.69 Å². The summed E-state index contributed by atoms with van der Waals surface area (Å²) < 4.78 is 5.83. The number of carboxylic acids is 1. The average Bonchev–Trinajstić information content (AvgIpc) is 2.30. The van der Waals surface area contributed by atoms with Gasteiger partial charge in [-0.3, -0.25) is 4.79 Å². The van der Waals surface area contributed by atoms with Crippen LogP contribution in [0.2, 0.25) is 0 Å². The zero-order valence-electron chi connectivity index (χ0n) is 10.1. The summed E-state index contributed by atoms with van der Waals surface area (Å²) in [4.78, 5) is 22.0. The number of aryl methyl sites for hydroxylation is 1. The highest BCUT2D eigenvalue weighted by molar-refractivity contribution is 9.10. The van der Waals surface area contributed by atoms with Crippen LogP contribution in [0.25, 0.3) is 0 Å². The van der Waals surface area contributed by atoms with E-state index in [2.05, 4.69) is 21.2 Å². The quantitative estimate of drug-likeness (QED) is 0.873. The SMILES string of the molecule is Cc1cc(NC(=O)CO[C@@H](C)C(=O)O)ccc1Br. The number of ether oxygens (including phenoxy) is 1. The molecule has 0 unspecified atom stereocenters. The Labute approximate surface area is 113 Å². The summed E-state index contributed by atoms with van der Waals surface area (Å²) in [6.45, 7) is 2.99. The molecule has 0 radical (unpaired) electrons. The van der Waals surface area contributed by atoms with Crippen molar-refractivity contribution in [1.29, 1.82) is 0 Å². The lowest BCUT2D eigenvalue weighted by atomic mass is 10.2. The van der Waals surface area contributed by atoms with Gasteiger partial charge in [-0.05, 0) is 37.6 Å². The van der Waals surface area contributed by atoms with E-state index in [-0.39, 0.29) is 12.5 Å². The van der Waals surface area contributed by atoms with Crippen molar-refractivity contribution >= 4 is 33.5 Å². The molecule has 0 fully saturated rings. The van der Waals surface area contributed by atoms with E-state index in [9.17, 15) is 9.59 Å². The van der Waals surface area contributed by atoms with Gasteiger partial charge < -0.3 is 15.2 Å². The lowest BCUT2D eigenvalue weighted by Crippen LogP contribution is -2.26. The first-order valence-electron chi connectivity index (χ1n) is 5.30. The van der Waals surface area contributed by atoms with Crippen LogP contribution < -0.4 is 5.32 Å². The fourth-order valence-electron chi connectivity index (χ4n) is 1.19. The minimum Gasteiger partial charge on any atom is -0.479 e. The molecule has 0 aromatic heterocycles. The molecule has 1 rings (SSSR count). The van der Waals surface area contributed by atoms with Gasteiger partial charge in [-0.1, -0.05) is 15.9 Å². The van der Waals surface area contributed by atoms with Crippen LogP contribution in [-0.4, -0.2) is 29.7 Å². The lowest BCUT2D eigenvalue weighted by molar-refractivity contribution is -0.150. The van der Waals surface area contributed by atoms with Crippen LogP contribution in [-0.2, 0) is 14.3 Å². The fraction of sp³-hybridized carbons (Fsp3) is 0.333. The van der Waals surface area contributed by atoms with E-state index >= 15 is 0 Å². The van der Waals surface area contributed by atoms with Crippen LogP contribution in [0.3, 0.4) is 0 Å². The summed E-state index contributed by atoms with van der Waals surface area (Å²) in [5, 5.41) is 11.2. The molecule has 0 aliphatic heterocycles. The van der Waals surface area contributed by atoms with Gasteiger partial charge in [0.1, 0.15) is 6.61 Å². The molecule has 0 aliphatic carbocycles. The number of rotatable bonds is 5. The number of benzene rings is 1. The molecule has 1 aromatic carbocycles. The van der Waals surface area contributed by atoms with Crippen LogP contribution in [0.1, 0.15) is 12.5 Å². The van der Waals surface area contributed by atoms with E-state index < -0.39 is 12.1 Å². The number of nitrogens with one attached hydrogen (secondary N) is 1. The summed E-state index contributed by atoms with van der Waals surface area (Å²) in [6.07, 6.45) is -0.998. The summed E-state index contributed by atoms with van der Waals surface area (Å²) in [5.74, 6) is -1.48. The van der Waals surface area contributed by atoms with Gasteiger partial charge in [0, 0.05) is 10.2 Å². The van der Waals surface area contributed by atoms with Gasteiger partial charge in [0.05, 0.1) is 0 Å². The van der Waals surface area contributed by atoms with Crippen molar-refractivity contribution in [2.24, 2.45) is 0 Å². The van der Waals surface area contributed by atoms with Crippen LogP contribution in [0, 0.1) is 6.92 Å². The molecule has 5 nitrogen and oxygen atoms in total. The summed E-state index contributed by atoms with van der Waals surface area (Å²) in [5.41, 5.74) is 1.64. The highest BCUT2D eigenvalue weighted by Crippen LogP contribution is 2.19. The van der Waals surface area contributed by atoms with Gasteiger partial charge in [0.2, 0.25) is 5.91 Å². The first-order valence-corrected chi connectivity index (χ1v) is 6.10. The molecule has 18 heavy (non-hydrogen) atoms. The standard InChI is InChI=1S/C12H14BrNO4/c1-7-5-9(3-4-10(7)13)14-11(15)6-18-8(2)12(16)17/h3-5,8H,6H2,1-2H3,(H,14,15)(H,16,17)/t8-/m0/s1. The highest BCUT2D eigenvalue weighted by atomic mass is 79.9. The van der Waals surface area contributed by atoms with Gasteiger partial charge in [-0.15, -0.1) is 0 Å². The zero-order chi connectivity index (χ0) is 13.7. The van der Waals surface area contributed by atoms with Crippen molar-refractivity contribution in [3.63, 3.8) is 0 Å². The third-order valence-electron chi connectivity index (χ3n) is 2.25. The number of amides is 1. The smallest absolute Gasteiger partial charge is 0.332 e. The van der Waals surface area contributed by atoms with Gasteiger partial charge >= 0.3 is 5.97 Å². The van der Waals surface area contributed by atoms with Gasteiger partial charge in [-0.2, -0.15) is 0 Å². The van der Waals surface area contributed by atoms with Crippen molar-refractivity contribution in [2.75, 3.05) is 11.9 Å². The Morgan fingerprint density at radius 2 is 2.17 bits per heavy atom. The maximum atomic E-state index is 11.5. The minimum absolute atomic E-state index is 0.289. The Morgan fingerprint density at radius 3 is 2.72 bits per heavy atom. The topological polar surface area (TPSA) is 75.6 Å². The van der Waals surface area contributed by atoms with E-state index in [4.69, 9.17) is 9.84 Å². The number of anilines is 1. The van der Waals surface area contributed by atoms with Crippen molar-refractivity contribution in [2.45, 2.75) is 20.0 Å². The Balaban J connectivity index is 2.49. The maximum absolute atomic E-state index is 11.5. The predicted molar refractivity (Wildman–Crippen MR) is 70.6 cm³/mol. The van der Waals surface area contributed by atoms with Crippen LogP contribution in [0.15, 0.2) is 22.7 Å². The predicted octanol–water partition coefficient (Wildman–Crippen LogP) is 2.19. The Morgan fingerprint density at radius 1 is 1.50 bits per heavy atom. The second-order valence-electron chi connectivity index (χ2n) is 3.80. The minimum atomic E-state index is -1.10. The Hall–Kier alpha value is -1.40. The number of hydrogen-bond acceptors (Lipinski definition) is 3. The van der Waals surface area contributed by atoms with Crippen LogP contribution >= 0.6 is 15.9 Å². The number of carboxylic acid groups (broad SMARTS) is 1. The Bertz CT molecular complexity index is 461. The van der Waals surface area contributed by atoms with Crippen molar-refractivity contribution in [1.82, 2.24) is 0 Å². The second kappa shape index (κ2) is 6.51. The molecule has 0 heterocycles. The molecule has 2 N–H and O–H groups in total. The number of carbonyl (C=O) groups excluding carboxylic acids is 1. The molecular formula is C12H14BrNO4. The normalized spacial score (nSPS) is 11.9. The summed E-state index contributed by atoms with van der Waals surface area (Å²) >= 11 is 3.36. The first-order chi connectivity index (χ1) is 8.40. The summed E-state index contributed by atoms with van der Waals surface area (Å²) in [7, 11) is 0. The number of carbonyl (C=O) groups is 2. The number of aliphatic carboxylic acids is 1. The molecule has 0 saturated heterocycles. The third-order valence-corrected chi connectivity index (χ3v) is 3.14. The van der Waals surface area contributed by atoms with Crippen LogP contribution in [0.5, 0.6) is 0 Å². The monoisotopic (exact) mass is 315 g/mol. The third kappa shape index (κ3) is 4.46. The van der Waals surface area contributed by atoms with E-state index in [0.717, 1.165) is 10.0 Å². The molecular weight excluding hydrogens is 302 g/mol. The fourth-order valence-corrected chi connectivity index (χ4v) is 1.44. The molecule has 1 amide bonds. The lowest BCUT2D eigenvalue weighted by Gasteiger charge is -2.09. The zero-order valence-corrected chi connectivity index (χ0v) is 11.7. The van der Waals surface area contributed by atoms with Gasteiger partial charge in [0.25, 0.3) is 0 Å². The molecule has 0 bridgehead atoms. The van der Waals surface area contributed by atoms with Gasteiger partial charge in [0.15, 0.2) is 6.10 Å². The van der Waals surface area contributed by atoms with E-state index in [1.54, 1.807) is 6.07 Å².